The zero-order chi connectivity index (χ0) is 23.3. The lowest BCUT2D eigenvalue weighted by Gasteiger charge is -2.11. The van der Waals surface area contributed by atoms with Crippen LogP contribution in [0.2, 0.25) is 0 Å². The summed E-state index contributed by atoms with van der Waals surface area (Å²) in [4.78, 5) is 0.0683. The lowest BCUT2D eigenvalue weighted by molar-refractivity contribution is 0.354. The van der Waals surface area contributed by atoms with E-state index in [1.165, 1.54) is 30.3 Å². The Hall–Kier alpha value is -3.53. The van der Waals surface area contributed by atoms with Crippen LogP contribution in [-0.2, 0) is 10.0 Å². The van der Waals surface area contributed by atoms with Crippen molar-refractivity contribution in [2.24, 2.45) is 21.7 Å². The number of aromatic nitrogens is 1. The van der Waals surface area contributed by atoms with Gasteiger partial charge in [0.05, 0.1) is 30.3 Å². The molecule has 0 atom stereocenters. The lowest BCUT2D eigenvalue weighted by Crippen LogP contribution is -2.22. The van der Waals surface area contributed by atoms with Crippen molar-refractivity contribution in [1.82, 2.24) is 3.97 Å². The van der Waals surface area contributed by atoms with Gasteiger partial charge >= 0.3 is 0 Å². The largest absolute Gasteiger partial charge is 0.493 e. The van der Waals surface area contributed by atoms with Crippen molar-refractivity contribution in [2.45, 2.75) is 31.1 Å². The summed E-state index contributed by atoms with van der Waals surface area (Å²) >= 11 is 0. The number of rotatable bonds is 9. The van der Waals surface area contributed by atoms with Crippen molar-refractivity contribution >= 4 is 32.6 Å². The fourth-order valence-corrected chi connectivity index (χ4v) is 4.76. The summed E-state index contributed by atoms with van der Waals surface area (Å²) in [7, 11) is -0.999. The Morgan fingerprint density at radius 1 is 1.03 bits per heavy atom. The molecule has 0 saturated carbocycles. The molecule has 1 aromatic heterocycles. The van der Waals surface area contributed by atoms with Crippen molar-refractivity contribution in [2.75, 3.05) is 14.2 Å². The number of hydrogen-bond acceptors (Lipinski definition) is 6. The Labute approximate surface area is 187 Å². The number of nitrogens with two attached hydrogens (primary N) is 2. The first-order chi connectivity index (χ1) is 15.3. The number of para-hydroxylation sites is 1. The van der Waals surface area contributed by atoms with Gasteiger partial charge in [0.2, 0.25) is 5.96 Å². The number of guanidine groups is 1. The quantitative estimate of drug-likeness (QED) is 0.288. The highest BCUT2D eigenvalue weighted by Gasteiger charge is 2.24. The third kappa shape index (κ3) is 4.54. The maximum absolute atomic E-state index is 13.6. The van der Waals surface area contributed by atoms with Crippen LogP contribution in [-0.4, -0.2) is 38.3 Å². The second-order valence-corrected chi connectivity index (χ2v) is 8.87. The molecule has 0 unspecified atom stereocenters. The average Bonchev–Trinajstić information content (AvgIpc) is 3.19. The normalized spacial score (nSPS) is 12.0. The van der Waals surface area contributed by atoms with Crippen molar-refractivity contribution in [3.05, 3.63) is 54.2 Å². The van der Waals surface area contributed by atoms with Gasteiger partial charge in [-0.2, -0.15) is 5.10 Å². The van der Waals surface area contributed by atoms with E-state index in [9.17, 15) is 8.42 Å². The Morgan fingerprint density at radius 3 is 2.41 bits per heavy atom. The minimum Gasteiger partial charge on any atom is -0.493 e. The second kappa shape index (κ2) is 9.73. The predicted molar refractivity (Wildman–Crippen MR) is 126 cm³/mol. The number of unbranched alkanes of at least 4 members (excludes halogenated alkanes) is 1. The topological polar surface area (TPSA) is 134 Å². The molecular weight excluding hydrogens is 430 g/mol. The summed E-state index contributed by atoms with van der Waals surface area (Å²) in [5.74, 6) is 0.597. The predicted octanol–water partition coefficient (Wildman–Crippen LogP) is 3.06. The van der Waals surface area contributed by atoms with Crippen LogP contribution in [0, 0.1) is 0 Å². The van der Waals surface area contributed by atoms with Gasteiger partial charge in [0.15, 0.2) is 11.5 Å². The van der Waals surface area contributed by atoms with Crippen LogP contribution in [0.1, 0.15) is 31.7 Å². The Kier molecular flexibility index (Phi) is 7.04. The van der Waals surface area contributed by atoms with Crippen LogP contribution in [0.25, 0.3) is 10.9 Å². The highest BCUT2D eigenvalue weighted by atomic mass is 32.2. The summed E-state index contributed by atoms with van der Waals surface area (Å²) in [5.41, 5.74) is 12.7. The van der Waals surface area contributed by atoms with Gasteiger partial charge in [-0.05, 0) is 31.0 Å². The van der Waals surface area contributed by atoms with Crippen LogP contribution in [0.4, 0.5) is 0 Å². The minimum absolute atomic E-state index is 0.0683. The zero-order valence-corrected chi connectivity index (χ0v) is 19.1. The number of benzene rings is 2. The molecule has 0 aliphatic heterocycles. The van der Waals surface area contributed by atoms with Crippen molar-refractivity contribution in [3.8, 4) is 11.5 Å². The molecular formula is C22H27N5O4S. The summed E-state index contributed by atoms with van der Waals surface area (Å²) < 4.78 is 38.9. The molecule has 170 valence electrons. The van der Waals surface area contributed by atoms with E-state index in [0.717, 1.165) is 18.2 Å². The van der Waals surface area contributed by atoms with E-state index >= 15 is 0 Å². The number of methoxy groups -OCH3 is 2. The third-order valence-electron chi connectivity index (χ3n) is 4.95. The minimum atomic E-state index is -3.95. The standard InChI is InChI=1S/C22H27N5O4S/c1-4-5-9-18(25-26-22(23)24)17-14-27(19-10-7-6-8-16(17)19)32(28,29)15-11-12-20(30-2)21(13-15)31-3/h6-8,10-14H,4-5,9H2,1-3H3,(H4,23,24,26). The van der Waals surface area contributed by atoms with Crippen LogP contribution in [0.3, 0.4) is 0 Å². The molecule has 3 aromatic rings. The Morgan fingerprint density at radius 2 is 1.75 bits per heavy atom. The van der Waals surface area contributed by atoms with Gasteiger partial charge in [-0.15, -0.1) is 5.10 Å². The van der Waals surface area contributed by atoms with E-state index in [1.54, 1.807) is 24.4 Å². The molecule has 0 spiro atoms. The van der Waals surface area contributed by atoms with E-state index in [2.05, 4.69) is 17.1 Å². The first kappa shape index (κ1) is 23.1. The summed E-state index contributed by atoms with van der Waals surface area (Å²) in [6.45, 7) is 2.06. The van der Waals surface area contributed by atoms with E-state index in [-0.39, 0.29) is 10.9 Å². The highest BCUT2D eigenvalue weighted by molar-refractivity contribution is 7.90. The molecule has 0 saturated heterocycles. The van der Waals surface area contributed by atoms with Crippen molar-refractivity contribution < 1.29 is 17.9 Å². The average molecular weight is 458 g/mol. The van der Waals surface area contributed by atoms with E-state index in [0.29, 0.717) is 34.7 Å². The SMILES string of the molecule is CCCCC(=NN=C(N)N)c1cn(S(=O)(=O)c2ccc(OC)c(OC)c2)c2ccccc12. The maximum Gasteiger partial charge on any atom is 0.268 e. The number of hydrogen-bond donors (Lipinski definition) is 2. The molecule has 4 N–H and O–H groups in total. The van der Waals surface area contributed by atoms with Gasteiger partial charge in [-0.1, -0.05) is 31.5 Å². The number of ether oxygens (including phenoxy) is 2. The van der Waals surface area contributed by atoms with Crippen LogP contribution in [0.5, 0.6) is 11.5 Å². The van der Waals surface area contributed by atoms with E-state index in [4.69, 9.17) is 20.9 Å². The molecule has 0 fully saturated rings. The lowest BCUT2D eigenvalue weighted by atomic mass is 10.0. The molecule has 0 bridgehead atoms. The maximum atomic E-state index is 13.6. The van der Waals surface area contributed by atoms with Gasteiger partial charge in [0, 0.05) is 23.2 Å². The zero-order valence-electron chi connectivity index (χ0n) is 18.3. The molecule has 32 heavy (non-hydrogen) atoms. The number of fused-ring (bicyclic) bond motifs is 1. The van der Waals surface area contributed by atoms with Gasteiger partial charge in [0.1, 0.15) is 0 Å². The van der Waals surface area contributed by atoms with Gasteiger partial charge in [-0.25, -0.2) is 12.4 Å². The summed E-state index contributed by atoms with van der Waals surface area (Å²) in [6, 6.07) is 11.7. The molecule has 9 nitrogen and oxygen atoms in total. The van der Waals surface area contributed by atoms with Gasteiger partial charge in [0.25, 0.3) is 10.0 Å². The molecule has 10 heteroatoms. The van der Waals surface area contributed by atoms with Crippen molar-refractivity contribution in [1.29, 1.82) is 0 Å². The summed E-state index contributed by atoms with van der Waals surface area (Å²) in [6.07, 6.45) is 3.94. The third-order valence-corrected chi connectivity index (χ3v) is 6.62. The van der Waals surface area contributed by atoms with Crippen LogP contribution >= 0.6 is 0 Å². The molecule has 2 aromatic carbocycles. The molecule has 1 heterocycles. The molecule has 3 rings (SSSR count). The monoisotopic (exact) mass is 457 g/mol. The summed E-state index contributed by atoms with van der Waals surface area (Å²) in [5, 5.41) is 8.75. The van der Waals surface area contributed by atoms with E-state index in [1.807, 2.05) is 12.1 Å². The first-order valence-corrected chi connectivity index (χ1v) is 11.5. The molecule has 0 radical (unpaired) electrons. The van der Waals surface area contributed by atoms with Gasteiger partial charge in [-0.3, -0.25) is 0 Å². The second-order valence-electron chi connectivity index (χ2n) is 7.05. The molecule has 0 aliphatic rings. The van der Waals surface area contributed by atoms with Crippen molar-refractivity contribution in [3.63, 3.8) is 0 Å². The Balaban J connectivity index is 2.22. The fraction of sp³-hybridized carbons (Fsp3) is 0.273. The molecule has 0 amide bonds. The van der Waals surface area contributed by atoms with Crippen LogP contribution < -0.4 is 20.9 Å². The number of nitrogens with zero attached hydrogens (tertiary/aromatic N) is 3. The molecule has 0 aliphatic carbocycles. The van der Waals surface area contributed by atoms with E-state index < -0.39 is 10.0 Å². The van der Waals surface area contributed by atoms with Crippen LogP contribution in [0.15, 0.2) is 63.8 Å². The highest BCUT2D eigenvalue weighted by Crippen LogP contribution is 2.32. The first-order valence-electron chi connectivity index (χ1n) is 10.1. The fourth-order valence-electron chi connectivity index (χ4n) is 3.37. The van der Waals surface area contributed by atoms with Gasteiger partial charge < -0.3 is 20.9 Å². The Bertz CT molecular complexity index is 1270. The smallest absolute Gasteiger partial charge is 0.268 e.